The van der Waals surface area contributed by atoms with Crippen LogP contribution in [0.3, 0.4) is 0 Å². The molecule has 0 amide bonds. The Balaban J connectivity index is 1.28. The van der Waals surface area contributed by atoms with E-state index in [0.29, 0.717) is 48.5 Å². The van der Waals surface area contributed by atoms with Gasteiger partial charge in [0.15, 0.2) is 0 Å². The lowest BCUT2D eigenvalue weighted by Gasteiger charge is -2.38. The number of H-pyrrole nitrogens is 1. The Hall–Kier alpha value is -4.05. The number of hydrogen-bond donors (Lipinski definition) is 3. The molecule has 4 N–H and O–H groups in total. The van der Waals surface area contributed by atoms with E-state index >= 15 is 0 Å². The highest BCUT2D eigenvalue weighted by molar-refractivity contribution is 6.31. The third-order valence-corrected chi connectivity index (χ3v) is 7.15. The number of anilines is 1. The van der Waals surface area contributed by atoms with Crippen molar-refractivity contribution >= 4 is 28.3 Å². The van der Waals surface area contributed by atoms with Crippen molar-refractivity contribution in [1.82, 2.24) is 19.7 Å². The van der Waals surface area contributed by atoms with E-state index in [9.17, 15) is 9.50 Å². The largest absolute Gasteiger partial charge is 0.492 e. The van der Waals surface area contributed by atoms with Crippen LogP contribution in [0, 0.1) is 5.82 Å². The number of rotatable bonds is 8. The molecule has 0 radical (unpaired) electrons. The third-order valence-electron chi connectivity index (χ3n) is 6.91. The number of ether oxygens (including phenoxy) is 2. The second-order valence-electron chi connectivity index (χ2n) is 9.42. The van der Waals surface area contributed by atoms with E-state index in [0.717, 1.165) is 27.7 Å². The normalized spacial score (nSPS) is 16.2. The average Bonchev–Trinajstić information content (AvgIpc) is 3.52. The molecule has 2 atom stereocenters. The molecule has 0 aliphatic carbocycles. The van der Waals surface area contributed by atoms with Gasteiger partial charge in [-0.05, 0) is 78.2 Å². The smallest absolute Gasteiger partial charge is 0.260 e. The third kappa shape index (κ3) is 5.29. The Kier molecular flexibility index (Phi) is 6.86. The number of aliphatic hydroxyl groups is 1. The highest BCUT2D eigenvalue weighted by Crippen LogP contribution is 2.40. The standard InChI is InChI=1S/C29H27ClFN5O3/c30-19-3-10-25-24(17-19)23-11-14-36(29(37)39-22-8-4-20(31)5-9-22)28(27(23)33-25)18-1-6-21(7-2-18)38-16-15-35-13-12-26(32)34-35/h1-10,12-13,17,28-29,33,37H,11,14-16H2,(H2,32,34). The lowest BCUT2D eigenvalue weighted by atomic mass is 9.92. The molecule has 3 heterocycles. The van der Waals surface area contributed by atoms with Gasteiger partial charge in [-0.25, -0.2) is 9.29 Å². The number of aliphatic hydroxyl groups excluding tert-OH is 1. The maximum Gasteiger partial charge on any atom is 0.260 e. The zero-order valence-electron chi connectivity index (χ0n) is 20.9. The van der Waals surface area contributed by atoms with Crippen molar-refractivity contribution in [2.24, 2.45) is 0 Å². The van der Waals surface area contributed by atoms with Crippen LogP contribution < -0.4 is 15.2 Å². The molecule has 10 heteroatoms. The summed E-state index contributed by atoms with van der Waals surface area (Å²) in [7, 11) is 0. The van der Waals surface area contributed by atoms with Crippen LogP contribution in [0.1, 0.15) is 22.9 Å². The molecular weight excluding hydrogens is 521 g/mol. The number of nitrogens with two attached hydrogens (primary N) is 1. The zero-order valence-corrected chi connectivity index (χ0v) is 21.7. The summed E-state index contributed by atoms with van der Waals surface area (Å²) in [5, 5.41) is 17.1. The summed E-state index contributed by atoms with van der Waals surface area (Å²) >= 11 is 6.31. The first-order valence-electron chi connectivity index (χ1n) is 12.6. The number of halogens is 2. The van der Waals surface area contributed by atoms with Crippen LogP contribution in [-0.4, -0.2) is 44.3 Å². The lowest BCUT2D eigenvalue weighted by Crippen LogP contribution is -2.46. The van der Waals surface area contributed by atoms with Gasteiger partial charge in [0.25, 0.3) is 6.41 Å². The van der Waals surface area contributed by atoms with Crippen molar-refractivity contribution in [1.29, 1.82) is 0 Å². The molecule has 2 unspecified atom stereocenters. The minimum Gasteiger partial charge on any atom is -0.492 e. The number of fused-ring (bicyclic) bond motifs is 3. The fourth-order valence-electron chi connectivity index (χ4n) is 5.08. The van der Waals surface area contributed by atoms with Gasteiger partial charge in [0.05, 0.1) is 12.6 Å². The van der Waals surface area contributed by atoms with E-state index in [1.165, 1.54) is 24.3 Å². The van der Waals surface area contributed by atoms with Crippen LogP contribution in [0.2, 0.25) is 5.02 Å². The van der Waals surface area contributed by atoms with Gasteiger partial charge in [0.1, 0.15) is 29.7 Å². The van der Waals surface area contributed by atoms with Crippen molar-refractivity contribution in [2.45, 2.75) is 25.4 Å². The summed E-state index contributed by atoms with van der Waals surface area (Å²) in [4.78, 5) is 5.43. The van der Waals surface area contributed by atoms with Gasteiger partial charge in [-0.3, -0.25) is 4.68 Å². The van der Waals surface area contributed by atoms with Crippen LogP contribution in [0.15, 0.2) is 79.0 Å². The fraction of sp³-hybridized carbons (Fsp3) is 0.207. The molecule has 0 saturated heterocycles. The van der Waals surface area contributed by atoms with Gasteiger partial charge in [0, 0.05) is 34.4 Å². The van der Waals surface area contributed by atoms with Crippen LogP contribution in [-0.2, 0) is 13.0 Å². The van der Waals surface area contributed by atoms with Crippen LogP contribution in [0.5, 0.6) is 11.5 Å². The molecule has 0 spiro atoms. The second-order valence-corrected chi connectivity index (χ2v) is 9.85. The quantitative estimate of drug-likeness (QED) is 0.233. The van der Waals surface area contributed by atoms with Gasteiger partial charge in [-0.1, -0.05) is 23.7 Å². The number of nitrogens with zero attached hydrogens (tertiary/aromatic N) is 3. The molecule has 0 bridgehead atoms. The Labute approximate surface area is 229 Å². The number of aromatic amines is 1. The predicted molar refractivity (Wildman–Crippen MR) is 147 cm³/mol. The van der Waals surface area contributed by atoms with Crippen LogP contribution >= 0.6 is 11.6 Å². The predicted octanol–water partition coefficient (Wildman–Crippen LogP) is 5.12. The first-order valence-corrected chi connectivity index (χ1v) is 13.0. The van der Waals surface area contributed by atoms with Gasteiger partial charge >= 0.3 is 0 Å². The van der Waals surface area contributed by atoms with E-state index in [1.807, 2.05) is 53.6 Å². The number of hydrogen-bond acceptors (Lipinski definition) is 6. The maximum atomic E-state index is 13.4. The molecule has 1 aliphatic rings. The Morgan fingerprint density at radius 3 is 2.59 bits per heavy atom. The van der Waals surface area contributed by atoms with Gasteiger partial charge < -0.3 is 25.3 Å². The van der Waals surface area contributed by atoms with E-state index < -0.39 is 6.41 Å². The van der Waals surface area contributed by atoms with Crippen molar-refractivity contribution in [3.05, 3.63) is 107 Å². The second kappa shape index (κ2) is 10.6. The fourth-order valence-corrected chi connectivity index (χ4v) is 5.26. The summed E-state index contributed by atoms with van der Waals surface area (Å²) in [6, 6.07) is 20.6. The molecule has 0 saturated carbocycles. The SMILES string of the molecule is Nc1ccn(CCOc2ccc(C3c4[nH]c5ccc(Cl)cc5c4CCN3C(O)Oc3ccc(F)cc3)cc2)n1. The first-order chi connectivity index (χ1) is 18.9. The molecule has 2 aromatic heterocycles. The Morgan fingerprint density at radius 1 is 1.08 bits per heavy atom. The average molecular weight is 548 g/mol. The first kappa shape index (κ1) is 25.2. The minimum atomic E-state index is -1.26. The maximum absolute atomic E-state index is 13.4. The lowest BCUT2D eigenvalue weighted by molar-refractivity contribution is -0.150. The highest BCUT2D eigenvalue weighted by Gasteiger charge is 2.36. The monoisotopic (exact) mass is 547 g/mol. The topological polar surface area (TPSA) is 102 Å². The van der Waals surface area contributed by atoms with E-state index in [2.05, 4.69) is 10.1 Å². The summed E-state index contributed by atoms with van der Waals surface area (Å²) in [6.07, 6.45) is 1.24. The molecule has 5 aromatic rings. The van der Waals surface area contributed by atoms with Gasteiger partial charge in [-0.15, -0.1) is 0 Å². The number of nitrogens with one attached hydrogen (secondary N) is 1. The minimum absolute atomic E-state index is 0.337. The highest BCUT2D eigenvalue weighted by atomic mass is 35.5. The van der Waals surface area contributed by atoms with E-state index in [-0.39, 0.29) is 11.9 Å². The van der Waals surface area contributed by atoms with Crippen LogP contribution in [0.4, 0.5) is 10.2 Å². The molecule has 8 nitrogen and oxygen atoms in total. The molecule has 3 aromatic carbocycles. The van der Waals surface area contributed by atoms with Crippen molar-refractivity contribution in [3.8, 4) is 11.5 Å². The molecular formula is C29H27ClFN5O3. The van der Waals surface area contributed by atoms with Gasteiger partial charge in [-0.2, -0.15) is 5.10 Å². The molecule has 0 fully saturated rings. The van der Waals surface area contributed by atoms with Gasteiger partial charge in [0.2, 0.25) is 0 Å². The Morgan fingerprint density at radius 2 is 1.85 bits per heavy atom. The zero-order chi connectivity index (χ0) is 26.9. The Bertz CT molecular complexity index is 1590. The molecule has 6 rings (SSSR count). The van der Waals surface area contributed by atoms with E-state index in [1.54, 1.807) is 10.7 Å². The molecule has 200 valence electrons. The summed E-state index contributed by atoms with van der Waals surface area (Å²) in [5.74, 6) is 1.19. The molecule has 39 heavy (non-hydrogen) atoms. The number of benzene rings is 3. The summed E-state index contributed by atoms with van der Waals surface area (Å²) in [5.41, 5.74) is 9.71. The number of nitrogen functional groups attached to an aromatic ring is 1. The van der Waals surface area contributed by atoms with E-state index in [4.69, 9.17) is 26.8 Å². The summed E-state index contributed by atoms with van der Waals surface area (Å²) in [6.45, 7) is 1.54. The van der Waals surface area contributed by atoms with Crippen LogP contribution in [0.25, 0.3) is 10.9 Å². The van der Waals surface area contributed by atoms with Crippen molar-refractivity contribution in [3.63, 3.8) is 0 Å². The molecule has 1 aliphatic heterocycles. The van der Waals surface area contributed by atoms with Crippen molar-refractivity contribution in [2.75, 3.05) is 18.9 Å². The summed E-state index contributed by atoms with van der Waals surface area (Å²) < 4.78 is 26.9. The van der Waals surface area contributed by atoms with Crippen molar-refractivity contribution < 1.29 is 19.0 Å². The number of aromatic nitrogens is 3.